The van der Waals surface area contributed by atoms with Crippen LogP contribution in [0.25, 0.3) is 0 Å². The van der Waals surface area contributed by atoms with E-state index < -0.39 is 35.0 Å². The molecule has 0 spiro atoms. The van der Waals surface area contributed by atoms with E-state index in [9.17, 15) is 27.2 Å². The number of carbonyl (C=O) groups is 2. The molecule has 2 aliphatic rings. The number of halogens is 4. The van der Waals surface area contributed by atoms with Gasteiger partial charge in [0.15, 0.2) is 5.60 Å². The number of rotatable bonds is 6. The first kappa shape index (κ1) is 24.7. The van der Waals surface area contributed by atoms with Gasteiger partial charge in [0.25, 0.3) is 5.91 Å². The molecule has 0 aliphatic carbocycles. The highest BCUT2D eigenvalue weighted by molar-refractivity contribution is 5.92. The van der Waals surface area contributed by atoms with Gasteiger partial charge in [0, 0.05) is 24.3 Å². The molecule has 4 rings (SSSR count). The van der Waals surface area contributed by atoms with Crippen molar-refractivity contribution in [3.8, 4) is 5.75 Å². The van der Waals surface area contributed by atoms with Crippen molar-refractivity contribution in [2.45, 2.75) is 69.4 Å². The molecule has 11 heteroatoms. The number of amides is 2. The van der Waals surface area contributed by atoms with E-state index in [1.54, 1.807) is 12.1 Å². The monoisotopic (exact) mass is 494 g/mol. The minimum Gasteiger partial charge on any atom is -0.478 e. The van der Waals surface area contributed by atoms with Crippen molar-refractivity contribution in [1.29, 1.82) is 0 Å². The average molecular weight is 494 g/mol. The van der Waals surface area contributed by atoms with Crippen LogP contribution in [0.1, 0.15) is 55.5 Å². The van der Waals surface area contributed by atoms with Gasteiger partial charge in [-0.2, -0.15) is 13.2 Å². The lowest BCUT2D eigenvalue weighted by molar-refractivity contribution is -0.140. The van der Waals surface area contributed by atoms with Crippen molar-refractivity contribution < 1.29 is 31.9 Å². The van der Waals surface area contributed by atoms with Crippen LogP contribution < -0.4 is 20.7 Å². The van der Waals surface area contributed by atoms with E-state index in [0.29, 0.717) is 30.5 Å². The molecule has 2 fully saturated rings. The molecule has 2 aromatic rings. The molecule has 0 unspecified atom stereocenters. The fourth-order valence-electron chi connectivity index (χ4n) is 4.84. The lowest BCUT2D eigenvalue weighted by atomic mass is 9.96. The molecule has 3 heterocycles. The third-order valence-corrected chi connectivity index (χ3v) is 6.53. The predicted molar refractivity (Wildman–Crippen MR) is 119 cm³/mol. The number of primary amides is 1. The number of hydrogen-bond donors (Lipinski definition) is 2. The molecule has 7 nitrogen and oxygen atoms in total. The van der Waals surface area contributed by atoms with Gasteiger partial charge in [-0.15, -0.1) is 0 Å². The summed E-state index contributed by atoms with van der Waals surface area (Å²) in [6.45, 7) is 2.90. The third kappa shape index (κ3) is 5.18. The topological polar surface area (TPSA) is 97.5 Å². The molecule has 3 N–H and O–H groups in total. The highest BCUT2D eigenvalue weighted by Gasteiger charge is 2.43. The van der Waals surface area contributed by atoms with Crippen LogP contribution in [0.15, 0.2) is 36.5 Å². The zero-order chi connectivity index (χ0) is 25.5. The van der Waals surface area contributed by atoms with Crippen molar-refractivity contribution in [3.05, 3.63) is 53.5 Å². The first-order chi connectivity index (χ1) is 16.3. The summed E-state index contributed by atoms with van der Waals surface area (Å²) in [7, 11) is 0. The van der Waals surface area contributed by atoms with Crippen LogP contribution in [0.3, 0.4) is 0 Å². The molecule has 0 radical (unpaired) electrons. The largest absolute Gasteiger partial charge is 0.478 e. The summed E-state index contributed by atoms with van der Waals surface area (Å²) in [5, 5.41) is 2.96. The molecule has 0 saturated carbocycles. The summed E-state index contributed by atoms with van der Waals surface area (Å²) < 4.78 is 58.2. The van der Waals surface area contributed by atoms with Gasteiger partial charge in [-0.05, 0) is 69.9 Å². The molecular weight excluding hydrogens is 468 g/mol. The summed E-state index contributed by atoms with van der Waals surface area (Å²) >= 11 is 0. The molecule has 1 aromatic heterocycles. The minimum atomic E-state index is -4.88. The molecule has 3 atom stereocenters. The number of alkyl halides is 3. The molecule has 35 heavy (non-hydrogen) atoms. The Kier molecular flexibility index (Phi) is 6.37. The quantitative estimate of drug-likeness (QED) is 0.596. The van der Waals surface area contributed by atoms with Gasteiger partial charge < -0.3 is 20.7 Å². The van der Waals surface area contributed by atoms with Crippen molar-refractivity contribution in [2.24, 2.45) is 5.73 Å². The lowest BCUT2D eigenvalue weighted by Crippen LogP contribution is -2.55. The Hall–Kier alpha value is -3.37. The molecular formula is C24H26F4N4O3. The number of fused-ring (bicyclic) bond motifs is 2. The van der Waals surface area contributed by atoms with Gasteiger partial charge in [-0.25, -0.2) is 9.37 Å². The van der Waals surface area contributed by atoms with Gasteiger partial charge in [0.1, 0.15) is 17.4 Å². The highest BCUT2D eigenvalue weighted by Crippen LogP contribution is 2.39. The third-order valence-electron chi connectivity index (χ3n) is 6.53. The van der Waals surface area contributed by atoms with E-state index in [4.69, 9.17) is 10.5 Å². The standard InChI is InChI=1S/C24H26F4N4O3/c1-23(2,35-17-6-7-19(25)18(11-17)24(26,27)28)22(34)31-14-9-15-4-5-16(10-14)32(15)20-8-3-13(12-30-20)21(29)33/h3,6-8,11-12,14-16H,4-5,9-10H2,1-2H3,(H2,29,33)(H,31,34)/t14-,15+,16-. The maximum absolute atomic E-state index is 13.6. The number of piperidine rings is 1. The Morgan fingerprint density at radius 3 is 2.31 bits per heavy atom. The van der Waals surface area contributed by atoms with Crippen LogP contribution in [-0.4, -0.2) is 40.5 Å². The van der Waals surface area contributed by atoms with Crippen LogP contribution in [-0.2, 0) is 11.0 Å². The van der Waals surface area contributed by atoms with E-state index in [1.165, 1.54) is 20.0 Å². The SMILES string of the molecule is CC(C)(Oc1ccc(F)c(C(F)(F)F)c1)C(=O)N[C@H]1C[C@H]2CC[C@@H](C1)N2c1ccc(C(N)=O)cn1. The zero-order valence-corrected chi connectivity index (χ0v) is 19.2. The van der Waals surface area contributed by atoms with Crippen molar-refractivity contribution in [2.75, 3.05) is 4.90 Å². The van der Waals surface area contributed by atoms with Crippen LogP contribution in [0.5, 0.6) is 5.75 Å². The summed E-state index contributed by atoms with van der Waals surface area (Å²) in [4.78, 5) is 30.8. The molecule has 2 saturated heterocycles. The Morgan fingerprint density at radius 2 is 1.77 bits per heavy atom. The second-order valence-electron chi connectivity index (χ2n) is 9.46. The number of anilines is 1. The second-order valence-corrected chi connectivity index (χ2v) is 9.46. The fourth-order valence-corrected chi connectivity index (χ4v) is 4.84. The van der Waals surface area contributed by atoms with Gasteiger partial charge >= 0.3 is 6.18 Å². The number of ether oxygens (including phenoxy) is 1. The Labute approximate surface area is 199 Å². The van der Waals surface area contributed by atoms with Gasteiger partial charge in [-0.3, -0.25) is 9.59 Å². The van der Waals surface area contributed by atoms with E-state index in [2.05, 4.69) is 15.2 Å². The smallest absolute Gasteiger partial charge is 0.419 e. The Balaban J connectivity index is 1.40. The average Bonchev–Trinajstić information content (AvgIpc) is 3.04. The Bertz CT molecular complexity index is 1110. The van der Waals surface area contributed by atoms with E-state index >= 15 is 0 Å². The molecule has 2 amide bonds. The van der Waals surface area contributed by atoms with Crippen molar-refractivity contribution in [3.63, 3.8) is 0 Å². The summed E-state index contributed by atoms with van der Waals surface area (Å²) in [6, 6.07) is 5.82. The fraction of sp³-hybridized carbons (Fsp3) is 0.458. The first-order valence-corrected chi connectivity index (χ1v) is 11.3. The van der Waals surface area contributed by atoms with Crippen molar-refractivity contribution in [1.82, 2.24) is 10.3 Å². The van der Waals surface area contributed by atoms with E-state index in [0.717, 1.165) is 24.7 Å². The maximum atomic E-state index is 13.6. The van der Waals surface area contributed by atoms with Gasteiger partial charge in [0.2, 0.25) is 5.91 Å². The maximum Gasteiger partial charge on any atom is 0.419 e. The number of nitrogens with two attached hydrogens (primary N) is 1. The zero-order valence-electron chi connectivity index (χ0n) is 19.2. The molecule has 2 bridgehead atoms. The summed E-state index contributed by atoms with van der Waals surface area (Å²) in [6.07, 6.45) is -0.265. The van der Waals surface area contributed by atoms with Gasteiger partial charge in [-0.1, -0.05) is 0 Å². The normalized spacial score (nSPS) is 22.1. The Morgan fingerprint density at radius 1 is 1.11 bits per heavy atom. The molecule has 1 aromatic carbocycles. The number of nitrogens with zero attached hydrogens (tertiary/aromatic N) is 2. The van der Waals surface area contributed by atoms with Crippen LogP contribution in [0.2, 0.25) is 0 Å². The highest BCUT2D eigenvalue weighted by atomic mass is 19.4. The number of carbonyl (C=O) groups excluding carboxylic acids is 2. The van der Waals surface area contributed by atoms with E-state index in [-0.39, 0.29) is 23.9 Å². The lowest BCUT2D eigenvalue weighted by Gasteiger charge is -2.40. The van der Waals surface area contributed by atoms with Crippen molar-refractivity contribution >= 4 is 17.6 Å². The van der Waals surface area contributed by atoms with E-state index in [1.807, 2.05) is 0 Å². The number of nitrogens with one attached hydrogen (secondary N) is 1. The second kappa shape index (κ2) is 9.01. The van der Waals surface area contributed by atoms with Gasteiger partial charge in [0.05, 0.1) is 11.1 Å². The van der Waals surface area contributed by atoms with Crippen LogP contribution >= 0.6 is 0 Å². The number of pyridine rings is 1. The van der Waals surface area contributed by atoms with Crippen LogP contribution in [0, 0.1) is 5.82 Å². The number of hydrogen-bond acceptors (Lipinski definition) is 5. The molecule has 2 aliphatic heterocycles. The summed E-state index contributed by atoms with van der Waals surface area (Å²) in [5.74, 6) is -1.94. The first-order valence-electron chi connectivity index (χ1n) is 11.3. The molecule has 188 valence electrons. The predicted octanol–water partition coefficient (Wildman–Crippen LogP) is 3.81. The minimum absolute atomic E-state index is 0.140. The number of benzene rings is 1. The summed E-state index contributed by atoms with van der Waals surface area (Å²) in [5.41, 5.74) is 2.67. The number of aromatic nitrogens is 1. The van der Waals surface area contributed by atoms with Crippen LogP contribution in [0.4, 0.5) is 23.4 Å².